The highest BCUT2D eigenvalue weighted by Crippen LogP contribution is 2.24. The van der Waals surface area contributed by atoms with E-state index in [0.717, 1.165) is 24.0 Å². The number of anilines is 1. The average molecular weight is 448 g/mol. The Kier molecular flexibility index (Phi) is 6.01. The quantitative estimate of drug-likeness (QED) is 0.567. The number of nitrogens with zero attached hydrogens (tertiary/aromatic N) is 2. The first-order chi connectivity index (χ1) is 12.9. The van der Waals surface area contributed by atoms with Gasteiger partial charge in [0, 0.05) is 6.20 Å². The maximum Gasteiger partial charge on any atom is 0.263 e. The van der Waals surface area contributed by atoms with Gasteiger partial charge in [0.05, 0.1) is 15.9 Å². The Morgan fingerprint density at radius 3 is 2.30 bits per heavy atom. The molecule has 1 aromatic heterocycles. The fraction of sp³-hybridized carbons (Fsp3) is 0.250. The van der Waals surface area contributed by atoms with Gasteiger partial charge in [0.2, 0.25) is 0 Å². The summed E-state index contributed by atoms with van der Waals surface area (Å²) in [5.74, 6) is 0.278. The van der Waals surface area contributed by atoms with E-state index >= 15 is 0 Å². The topological polar surface area (TPSA) is 64.0 Å². The molecule has 142 valence electrons. The standard InChI is InChI=1S/C20H22BrN3O2S/c1-3-4-16-9-11-18(12-10-16)27(25,26)23-20-19(21)14-24(22-20)13-17-7-5-15(2)6-8-17/h5-12,14H,3-4,13H2,1-2H3,(H,22,23). The third kappa shape index (κ3) is 4.99. The second kappa shape index (κ2) is 8.27. The molecule has 0 fully saturated rings. The molecular formula is C20H22BrN3O2S. The van der Waals surface area contributed by atoms with Crippen molar-refractivity contribution in [2.75, 3.05) is 4.72 Å². The molecule has 0 aliphatic carbocycles. The van der Waals surface area contributed by atoms with Crippen molar-refractivity contribution in [3.8, 4) is 0 Å². The van der Waals surface area contributed by atoms with E-state index in [4.69, 9.17) is 0 Å². The molecule has 0 amide bonds. The molecule has 5 nitrogen and oxygen atoms in total. The molecule has 1 heterocycles. The number of benzene rings is 2. The van der Waals surface area contributed by atoms with E-state index in [0.29, 0.717) is 11.0 Å². The maximum absolute atomic E-state index is 12.6. The Balaban J connectivity index is 1.76. The zero-order chi connectivity index (χ0) is 19.4. The van der Waals surface area contributed by atoms with E-state index in [1.54, 1.807) is 23.0 Å². The van der Waals surface area contributed by atoms with Crippen molar-refractivity contribution in [2.24, 2.45) is 0 Å². The molecule has 0 saturated heterocycles. The summed E-state index contributed by atoms with van der Waals surface area (Å²) in [6, 6.07) is 15.1. The van der Waals surface area contributed by atoms with Crippen LogP contribution in [0.2, 0.25) is 0 Å². The lowest BCUT2D eigenvalue weighted by Gasteiger charge is -2.07. The molecule has 0 saturated carbocycles. The Hall–Kier alpha value is -2.12. The highest BCUT2D eigenvalue weighted by Gasteiger charge is 2.18. The molecule has 2 aromatic carbocycles. The molecule has 0 spiro atoms. The van der Waals surface area contributed by atoms with E-state index < -0.39 is 10.0 Å². The Labute approximate surface area is 168 Å². The number of aryl methyl sites for hydroxylation is 2. The minimum Gasteiger partial charge on any atom is -0.265 e. The van der Waals surface area contributed by atoms with E-state index in [1.807, 2.05) is 43.3 Å². The van der Waals surface area contributed by atoms with Gasteiger partial charge in [0.25, 0.3) is 10.0 Å². The minimum absolute atomic E-state index is 0.224. The largest absolute Gasteiger partial charge is 0.265 e. The molecular weight excluding hydrogens is 426 g/mol. The molecule has 1 N–H and O–H groups in total. The van der Waals surface area contributed by atoms with Crippen LogP contribution >= 0.6 is 15.9 Å². The summed E-state index contributed by atoms with van der Waals surface area (Å²) in [7, 11) is -3.69. The van der Waals surface area contributed by atoms with Gasteiger partial charge in [0.1, 0.15) is 0 Å². The molecule has 27 heavy (non-hydrogen) atoms. The molecule has 0 unspecified atom stereocenters. The van der Waals surface area contributed by atoms with Crippen molar-refractivity contribution in [3.05, 3.63) is 75.9 Å². The van der Waals surface area contributed by atoms with Crippen LogP contribution in [0.1, 0.15) is 30.0 Å². The van der Waals surface area contributed by atoms with Crippen molar-refractivity contribution in [1.29, 1.82) is 0 Å². The lowest BCUT2D eigenvalue weighted by atomic mass is 10.1. The van der Waals surface area contributed by atoms with E-state index in [1.165, 1.54) is 5.56 Å². The number of hydrogen-bond donors (Lipinski definition) is 1. The molecule has 3 aromatic rings. The number of aromatic nitrogens is 2. The monoisotopic (exact) mass is 447 g/mol. The van der Waals surface area contributed by atoms with Crippen LogP contribution < -0.4 is 4.72 Å². The maximum atomic E-state index is 12.6. The van der Waals surface area contributed by atoms with Crippen molar-refractivity contribution >= 4 is 31.8 Å². The second-order valence-electron chi connectivity index (χ2n) is 6.51. The van der Waals surface area contributed by atoms with Crippen LogP contribution in [-0.2, 0) is 23.0 Å². The number of halogens is 1. The van der Waals surface area contributed by atoms with Crippen molar-refractivity contribution < 1.29 is 8.42 Å². The van der Waals surface area contributed by atoms with E-state index in [-0.39, 0.29) is 10.7 Å². The number of hydrogen-bond acceptors (Lipinski definition) is 3. The molecule has 0 atom stereocenters. The van der Waals surface area contributed by atoms with Crippen LogP contribution in [0.4, 0.5) is 5.82 Å². The van der Waals surface area contributed by atoms with Crippen LogP contribution in [0.3, 0.4) is 0 Å². The molecule has 3 rings (SSSR count). The average Bonchev–Trinajstić information content (AvgIpc) is 2.96. The minimum atomic E-state index is -3.69. The van der Waals surface area contributed by atoms with Gasteiger partial charge >= 0.3 is 0 Å². The fourth-order valence-corrected chi connectivity index (χ4v) is 4.30. The predicted octanol–water partition coefficient (Wildman–Crippen LogP) is 4.76. The molecule has 0 aliphatic rings. The normalized spacial score (nSPS) is 11.5. The first kappa shape index (κ1) is 19.6. The molecule has 0 bridgehead atoms. The highest BCUT2D eigenvalue weighted by molar-refractivity contribution is 9.10. The second-order valence-corrected chi connectivity index (χ2v) is 9.05. The third-order valence-electron chi connectivity index (χ3n) is 4.19. The Bertz CT molecular complexity index is 1010. The van der Waals surface area contributed by atoms with Crippen LogP contribution in [0.25, 0.3) is 0 Å². The first-order valence-electron chi connectivity index (χ1n) is 8.77. The predicted molar refractivity (Wildman–Crippen MR) is 111 cm³/mol. The molecule has 0 radical (unpaired) electrons. The molecule has 0 aliphatic heterocycles. The van der Waals surface area contributed by atoms with Crippen molar-refractivity contribution in [3.63, 3.8) is 0 Å². The smallest absolute Gasteiger partial charge is 0.263 e. The van der Waals surface area contributed by atoms with Crippen LogP contribution in [0.15, 0.2) is 64.1 Å². The van der Waals surface area contributed by atoms with E-state index in [2.05, 4.69) is 32.7 Å². The van der Waals surface area contributed by atoms with Crippen molar-refractivity contribution in [1.82, 2.24) is 9.78 Å². The third-order valence-corrected chi connectivity index (χ3v) is 6.12. The summed E-state index contributed by atoms with van der Waals surface area (Å²) < 4.78 is 30.2. The van der Waals surface area contributed by atoms with Crippen LogP contribution in [0, 0.1) is 6.92 Å². The van der Waals surface area contributed by atoms with Gasteiger partial charge in [-0.2, -0.15) is 5.10 Å². The van der Waals surface area contributed by atoms with Gasteiger partial charge in [-0.15, -0.1) is 0 Å². The zero-order valence-corrected chi connectivity index (χ0v) is 17.7. The number of rotatable bonds is 7. The lowest BCUT2D eigenvalue weighted by molar-refractivity contribution is 0.600. The lowest BCUT2D eigenvalue weighted by Crippen LogP contribution is -2.14. The summed E-state index contributed by atoms with van der Waals surface area (Å²) in [6.45, 7) is 4.69. The van der Waals surface area contributed by atoms with Gasteiger partial charge in [-0.3, -0.25) is 9.40 Å². The first-order valence-corrected chi connectivity index (χ1v) is 11.1. The van der Waals surface area contributed by atoms with Gasteiger partial charge in [-0.25, -0.2) is 8.42 Å². The summed E-state index contributed by atoms with van der Waals surface area (Å²) in [4.78, 5) is 0.224. The van der Waals surface area contributed by atoms with Crippen LogP contribution in [0.5, 0.6) is 0 Å². The number of sulfonamides is 1. The summed E-state index contributed by atoms with van der Waals surface area (Å²) in [6.07, 6.45) is 3.72. The van der Waals surface area contributed by atoms with Crippen molar-refractivity contribution in [2.45, 2.75) is 38.1 Å². The van der Waals surface area contributed by atoms with Gasteiger partial charge in [-0.1, -0.05) is 55.3 Å². The van der Waals surface area contributed by atoms with Gasteiger partial charge < -0.3 is 0 Å². The molecule has 7 heteroatoms. The Morgan fingerprint density at radius 2 is 1.67 bits per heavy atom. The summed E-state index contributed by atoms with van der Waals surface area (Å²) >= 11 is 3.39. The summed E-state index contributed by atoms with van der Waals surface area (Å²) in [5.41, 5.74) is 3.41. The number of nitrogens with one attached hydrogen (secondary N) is 1. The van der Waals surface area contributed by atoms with Gasteiger partial charge in [-0.05, 0) is 52.5 Å². The van der Waals surface area contributed by atoms with E-state index in [9.17, 15) is 8.42 Å². The van der Waals surface area contributed by atoms with Crippen LogP contribution in [-0.4, -0.2) is 18.2 Å². The highest BCUT2D eigenvalue weighted by atomic mass is 79.9. The Morgan fingerprint density at radius 1 is 1.04 bits per heavy atom. The fourth-order valence-electron chi connectivity index (χ4n) is 2.74. The van der Waals surface area contributed by atoms with Gasteiger partial charge in [0.15, 0.2) is 5.82 Å². The summed E-state index contributed by atoms with van der Waals surface area (Å²) in [5, 5.41) is 4.36. The zero-order valence-electron chi connectivity index (χ0n) is 15.3. The SMILES string of the molecule is CCCc1ccc(S(=O)(=O)Nc2nn(Cc3ccc(C)cc3)cc2Br)cc1.